The second-order valence-electron chi connectivity index (χ2n) is 6.01. The molecule has 0 saturated carbocycles. The summed E-state index contributed by atoms with van der Waals surface area (Å²) in [6.07, 6.45) is 9.99. The summed E-state index contributed by atoms with van der Waals surface area (Å²) in [5.41, 5.74) is 1.98. The van der Waals surface area contributed by atoms with E-state index in [2.05, 4.69) is 52.3 Å². The Morgan fingerprint density at radius 3 is 2.61 bits per heavy atom. The molecular formula is C19H25N4+. The van der Waals surface area contributed by atoms with E-state index in [1.807, 2.05) is 22.9 Å². The van der Waals surface area contributed by atoms with E-state index in [1.54, 1.807) is 0 Å². The summed E-state index contributed by atoms with van der Waals surface area (Å²) in [5.74, 6) is 1.08. The standard InChI is InChI=1S/C19H25N4/c1-2-3-4-5-6-10-15-22-16-11-9-14-19(22)23-18-13-8-7-12-17(18)20-21-23/h7-9,11-14,16H,2-6,10,15H2,1H3/q+1. The number of pyridine rings is 1. The molecule has 0 atom stereocenters. The van der Waals surface area contributed by atoms with Crippen LogP contribution in [0.25, 0.3) is 16.9 Å². The second-order valence-corrected chi connectivity index (χ2v) is 6.01. The zero-order chi connectivity index (χ0) is 15.9. The zero-order valence-electron chi connectivity index (χ0n) is 13.9. The van der Waals surface area contributed by atoms with Crippen LogP contribution in [0.4, 0.5) is 0 Å². The van der Waals surface area contributed by atoms with Gasteiger partial charge in [0.1, 0.15) is 5.52 Å². The van der Waals surface area contributed by atoms with E-state index in [0.717, 1.165) is 23.4 Å². The van der Waals surface area contributed by atoms with Gasteiger partial charge in [-0.3, -0.25) is 0 Å². The number of fused-ring (bicyclic) bond motifs is 1. The minimum absolute atomic E-state index is 0.933. The molecule has 0 unspecified atom stereocenters. The fourth-order valence-corrected chi connectivity index (χ4v) is 2.95. The van der Waals surface area contributed by atoms with E-state index < -0.39 is 0 Å². The number of unbranched alkanes of at least 4 members (excludes halogenated alkanes) is 5. The van der Waals surface area contributed by atoms with Gasteiger partial charge in [0.05, 0.1) is 12.7 Å². The molecule has 0 N–H and O–H groups in total. The van der Waals surface area contributed by atoms with Crippen molar-refractivity contribution in [3.05, 3.63) is 48.7 Å². The van der Waals surface area contributed by atoms with Crippen LogP contribution < -0.4 is 4.57 Å². The summed E-state index contributed by atoms with van der Waals surface area (Å²) < 4.78 is 4.22. The first-order valence-electron chi connectivity index (χ1n) is 8.69. The van der Waals surface area contributed by atoms with Crippen molar-refractivity contribution in [2.45, 2.75) is 52.0 Å². The molecular weight excluding hydrogens is 284 g/mol. The Kier molecular flexibility index (Phi) is 5.35. The number of hydrogen-bond acceptors (Lipinski definition) is 2. The number of hydrogen-bond donors (Lipinski definition) is 0. The molecule has 4 heteroatoms. The average Bonchev–Trinajstić information content (AvgIpc) is 3.02. The molecule has 0 amide bonds. The van der Waals surface area contributed by atoms with Gasteiger partial charge in [-0.25, -0.2) is 4.57 Å². The predicted octanol–water partition coefficient (Wildman–Crippen LogP) is 4.07. The summed E-state index contributed by atoms with van der Waals surface area (Å²) in [4.78, 5) is 0. The number of aryl methyl sites for hydroxylation is 1. The fourth-order valence-electron chi connectivity index (χ4n) is 2.95. The number of aromatic nitrogens is 4. The Hall–Kier alpha value is -2.23. The van der Waals surface area contributed by atoms with E-state index in [0.29, 0.717) is 0 Å². The predicted molar refractivity (Wildman–Crippen MR) is 92.4 cm³/mol. The Labute approximate surface area is 137 Å². The molecule has 3 rings (SSSR count). The first kappa shape index (κ1) is 15.7. The van der Waals surface area contributed by atoms with Crippen molar-refractivity contribution in [1.82, 2.24) is 15.0 Å². The van der Waals surface area contributed by atoms with Crippen molar-refractivity contribution in [2.24, 2.45) is 0 Å². The third-order valence-electron chi connectivity index (χ3n) is 4.24. The first-order chi connectivity index (χ1) is 11.4. The minimum atomic E-state index is 0.933. The molecule has 0 spiro atoms. The number of nitrogens with zero attached hydrogens (tertiary/aromatic N) is 4. The quantitative estimate of drug-likeness (QED) is 0.464. The van der Waals surface area contributed by atoms with Crippen LogP contribution in [0, 0.1) is 0 Å². The van der Waals surface area contributed by atoms with E-state index in [-0.39, 0.29) is 0 Å². The van der Waals surface area contributed by atoms with Gasteiger partial charge in [-0.2, -0.15) is 0 Å². The zero-order valence-corrected chi connectivity index (χ0v) is 13.9. The van der Waals surface area contributed by atoms with Crippen LogP contribution in [0.3, 0.4) is 0 Å². The van der Waals surface area contributed by atoms with Crippen molar-refractivity contribution in [1.29, 1.82) is 0 Å². The highest BCUT2D eigenvalue weighted by molar-refractivity contribution is 5.75. The van der Waals surface area contributed by atoms with E-state index >= 15 is 0 Å². The maximum atomic E-state index is 4.34. The van der Waals surface area contributed by atoms with E-state index in [9.17, 15) is 0 Å². The molecule has 23 heavy (non-hydrogen) atoms. The maximum absolute atomic E-state index is 4.34. The average molecular weight is 309 g/mol. The smallest absolute Gasteiger partial charge is 0.232 e. The molecule has 0 fully saturated rings. The monoisotopic (exact) mass is 309 g/mol. The van der Waals surface area contributed by atoms with Gasteiger partial charge in [0.15, 0.2) is 5.52 Å². The summed E-state index contributed by atoms with van der Waals surface area (Å²) in [5, 5.41) is 8.61. The second kappa shape index (κ2) is 7.86. The van der Waals surface area contributed by atoms with Crippen molar-refractivity contribution in [2.75, 3.05) is 0 Å². The third-order valence-corrected chi connectivity index (χ3v) is 4.24. The van der Waals surface area contributed by atoms with Gasteiger partial charge < -0.3 is 0 Å². The van der Waals surface area contributed by atoms with Crippen molar-refractivity contribution in [3.63, 3.8) is 0 Å². The van der Waals surface area contributed by atoms with Crippen LogP contribution in [-0.2, 0) is 6.54 Å². The maximum Gasteiger partial charge on any atom is 0.308 e. The highest BCUT2D eigenvalue weighted by Crippen LogP contribution is 2.13. The molecule has 2 aromatic heterocycles. The highest BCUT2D eigenvalue weighted by Gasteiger charge is 2.17. The Bertz CT molecular complexity index is 748. The molecule has 0 radical (unpaired) electrons. The molecule has 0 aliphatic rings. The lowest BCUT2D eigenvalue weighted by Crippen LogP contribution is -2.38. The van der Waals surface area contributed by atoms with Crippen molar-refractivity contribution < 1.29 is 4.57 Å². The third kappa shape index (κ3) is 3.76. The Balaban J connectivity index is 1.73. The summed E-state index contributed by atoms with van der Waals surface area (Å²) in [6.45, 7) is 3.28. The van der Waals surface area contributed by atoms with Crippen LogP contribution in [-0.4, -0.2) is 15.0 Å². The molecule has 2 heterocycles. The molecule has 0 aliphatic heterocycles. The van der Waals surface area contributed by atoms with Crippen LogP contribution in [0.15, 0.2) is 48.7 Å². The van der Waals surface area contributed by atoms with Crippen molar-refractivity contribution >= 4 is 11.0 Å². The lowest BCUT2D eigenvalue weighted by Gasteiger charge is -2.05. The van der Waals surface area contributed by atoms with E-state index in [4.69, 9.17) is 0 Å². The van der Waals surface area contributed by atoms with Crippen LogP contribution >= 0.6 is 0 Å². The molecule has 1 aromatic carbocycles. The topological polar surface area (TPSA) is 34.6 Å². The van der Waals surface area contributed by atoms with Gasteiger partial charge in [-0.1, -0.05) is 55.5 Å². The van der Waals surface area contributed by atoms with Gasteiger partial charge >= 0.3 is 5.82 Å². The summed E-state index contributed by atoms with van der Waals surface area (Å²) in [7, 11) is 0. The van der Waals surface area contributed by atoms with Gasteiger partial charge in [-0.05, 0) is 31.0 Å². The normalized spacial score (nSPS) is 11.2. The van der Waals surface area contributed by atoms with Crippen LogP contribution in [0.5, 0.6) is 0 Å². The lowest BCUT2D eigenvalue weighted by molar-refractivity contribution is -0.692. The molecule has 3 aromatic rings. The number of para-hydroxylation sites is 1. The molecule has 0 aliphatic carbocycles. The van der Waals surface area contributed by atoms with Gasteiger partial charge in [0.25, 0.3) is 0 Å². The fraction of sp³-hybridized carbons (Fsp3) is 0.421. The first-order valence-corrected chi connectivity index (χ1v) is 8.69. The summed E-state index contributed by atoms with van der Waals surface area (Å²) in [6, 6.07) is 14.3. The summed E-state index contributed by atoms with van der Waals surface area (Å²) >= 11 is 0. The van der Waals surface area contributed by atoms with Crippen LogP contribution in [0.2, 0.25) is 0 Å². The SMILES string of the molecule is CCCCCCCC[n+]1ccccc1-n1nnc2ccccc21. The van der Waals surface area contributed by atoms with Gasteiger partial charge in [-0.15, -0.1) is 5.10 Å². The van der Waals surface area contributed by atoms with Gasteiger partial charge in [0.2, 0.25) is 0 Å². The van der Waals surface area contributed by atoms with Crippen molar-refractivity contribution in [3.8, 4) is 5.82 Å². The Morgan fingerprint density at radius 1 is 0.913 bits per heavy atom. The minimum Gasteiger partial charge on any atom is -0.232 e. The van der Waals surface area contributed by atoms with Crippen LogP contribution in [0.1, 0.15) is 45.4 Å². The molecule has 0 bridgehead atoms. The number of rotatable bonds is 8. The number of benzene rings is 1. The largest absolute Gasteiger partial charge is 0.308 e. The van der Waals surface area contributed by atoms with Gasteiger partial charge in [0, 0.05) is 11.3 Å². The molecule has 120 valence electrons. The molecule has 0 saturated heterocycles. The highest BCUT2D eigenvalue weighted by atomic mass is 15.5. The lowest BCUT2D eigenvalue weighted by atomic mass is 10.1. The molecule has 4 nitrogen and oxygen atoms in total. The van der Waals surface area contributed by atoms with E-state index in [1.165, 1.54) is 38.5 Å². The Morgan fingerprint density at radius 2 is 1.70 bits per heavy atom.